The highest BCUT2D eigenvalue weighted by atomic mass is 32.2. The molecule has 2 nitrogen and oxygen atoms in total. The highest BCUT2D eigenvalue weighted by Gasteiger charge is 2.28. The van der Waals surface area contributed by atoms with Crippen LogP contribution in [-0.2, 0) is 9.59 Å². The Morgan fingerprint density at radius 3 is 1.48 bits per heavy atom. The second kappa shape index (κ2) is 8.45. The van der Waals surface area contributed by atoms with E-state index in [4.69, 9.17) is 0 Å². The molecule has 0 aliphatic heterocycles. The van der Waals surface area contributed by atoms with E-state index in [9.17, 15) is 9.59 Å². The quantitative estimate of drug-likeness (QED) is 0.499. The maximum absolute atomic E-state index is 11.7. The average molecular weight is 367 g/mol. The molecule has 124 valence electrons. The predicted octanol–water partition coefficient (Wildman–Crippen LogP) is 4.79. The molecule has 0 amide bonds. The van der Waals surface area contributed by atoms with Gasteiger partial charge in [-0.3, -0.25) is 9.59 Å². The molecule has 4 unspecified atom stereocenters. The van der Waals surface area contributed by atoms with Gasteiger partial charge in [-0.15, -0.1) is 11.8 Å². The first kappa shape index (κ1) is 18.7. The minimum Gasteiger partial charge on any atom is -0.282 e. The molecule has 0 aromatic rings. The van der Waals surface area contributed by atoms with Gasteiger partial charge in [-0.2, -0.15) is 0 Å². The number of thioether (sulfide) groups is 3. The van der Waals surface area contributed by atoms with Gasteiger partial charge in [0, 0.05) is 21.0 Å². The fraction of sp³-hybridized carbons (Fsp3) is 0.444. The van der Waals surface area contributed by atoms with E-state index in [0.29, 0.717) is 21.6 Å². The molecule has 0 aromatic heterocycles. The monoisotopic (exact) mass is 366 g/mol. The van der Waals surface area contributed by atoms with Crippen molar-refractivity contribution in [2.45, 2.75) is 47.7 Å². The largest absolute Gasteiger partial charge is 0.282 e. The Kier molecular flexibility index (Phi) is 6.86. The van der Waals surface area contributed by atoms with Crippen molar-refractivity contribution in [3.05, 3.63) is 48.6 Å². The van der Waals surface area contributed by atoms with Gasteiger partial charge in [0.1, 0.15) is 0 Å². The van der Waals surface area contributed by atoms with Crippen LogP contribution in [-0.4, -0.2) is 31.2 Å². The molecular formula is C18H22O2S3. The molecule has 2 rings (SSSR count). The van der Waals surface area contributed by atoms with Crippen molar-refractivity contribution in [3.63, 3.8) is 0 Å². The van der Waals surface area contributed by atoms with Gasteiger partial charge in [-0.1, -0.05) is 61.0 Å². The number of hydrogen-bond donors (Lipinski definition) is 0. The van der Waals surface area contributed by atoms with Crippen LogP contribution < -0.4 is 0 Å². The second-order valence-corrected chi connectivity index (χ2v) is 9.81. The SMILES string of the molecule is C=C(C)C(=O)SC1C=CC(SC2C=CC(SC(=O)C(=C)C)C2)C1. The van der Waals surface area contributed by atoms with Crippen molar-refractivity contribution >= 4 is 45.5 Å². The molecule has 23 heavy (non-hydrogen) atoms. The van der Waals surface area contributed by atoms with Gasteiger partial charge in [-0.05, 0) is 37.8 Å². The molecule has 4 atom stereocenters. The van der Waals surface area contributed by atoms with Crippen molar-refractivity contribution in [2.24, 2.45) is 0 Å². The van der Waals surface area contributed by atoms with Crippen molar-refractivity contribution in [1.29, 1.82) is 0 Å². The molecule has 0 heterocycles. The topological polar surface area (TPSA) is 34.1 Å². The number of rotatable bonds is 6. The standard InChI is InChI=1S/C18H22O2S3/c1-11(2)17(19)22-15-7-5-13(9-15)21-14-6-8-16(10-14)23-18(20)12(3)4/h5-8,13-16H,1,3,9-10H2,2,4H3. The van der Waals surface area contributed by atoms with E-state index >= 15 is 0 Å². The smallest absolute Gasteiger partial charge is 0.215 e. The molecule has 0 spiro atoms. The Hall–Kier alpha value is -0.650. The first-order valence-corrected chi connectivity index (χ1v) is 10.3. The maximum atomic E-state index is 11.7. The Labute approximate surface area is 151 Å². The van der Waals surface area contributed by atoms with E-state index in [1.165, 1.54) is 23.5 Å². The zero-order valence-electron chi connectivity index (χ0n) is 13.5. The Morgan fingerprint density at radius 2 is 1.13 bits per heavy atom. The molecule has 0 aromatic carbocycles. The summed E-state index contributed by atoms with van der Waals surface area (Å²) >= 11 is 4.67. The van der Waals surface area contributed by atoms with Gasteiger partial charge in [0.15, 0.2) is 0 Å². The lowest BCUT2D eigenvalue weighted by Crippen LogP contribution is -2.10. The van der Waals surface area contributed by atoms with Crippen LogP contribution in [0.25, 0.3) is 0 Å². The molecule has 2 aliphatic rings. The van der Waals surface area contributed by atoms with Gasteiger partial charge < -0.3 is 0 Å². The average Bonchev–Trinajstić information content (AvgIpc) is 3.09. The zero-order valence-corrected chi connectivity index (χ0v) is 15.9. The summed E-state index contributed by atoms with van der Waals surface area (Å²) in [5.41, 5.74) is 1.22. The Bertz CT molecular complexity index is 527. The first-order chi connectivity index (χ1) is 10.8. The van der Waals surface area contributed by atoms with Crippen molar-refractivity contribution < 1.29 is 9.59 Å². The lowest BCUT2D eigenvalue weighted by Gasteiger charge is -2.16. The van der Waals surface area contributed by atoms with Gasteiger partial charge >= 0.3 is 0 Å². The van der Waals surface area contributed by atoms with Gasteiger partial charge in [0.2, 0.25) is 10.2 Å². The van der Waals surface area contributed by atoms with Crippen molar-refractivity contribution in [3.8, 4) is 0 Å². The van der Waals surface area contributed by atoms with E-state index in [2.05, 4.69) is 37.5 Å². The van der Waals surface area contributed by atoms with Crippen LogP contribution in [0, 0.1) is 0 Å². The molecule has 0 N–H and O–H groups in total. The van der Waals surface area contributed by atoms with Crippen LogP contribution in [0.2, 0.25) is 0 Å². The second-order valence-electron chi connectivity index (χ2n) is 5.90. The third kappa shape index (κ3) is 5.73. The third-order valence-corrected chi connectivity index (χ3v) is 7.40. The fourth-order valence-electron chi connectivity index (χ4n) is 2.35. The number of carbonyl (C=O) groups excluding carboxylic acids is 2. The summed E-state index contributed by atoms with van der Waals surface area (Å²) in [6.45, 7) is 10.9. The van der Waals surface area contributed by atoms with Crippen LogP contribution in [0.1, 0.15) is 26.7 Å². The highest BCUT2D eigenvalue weighted by molar-refractivity contribution is 8.15. The molecular weight excluding hydrogens is 344 g/mol. The highest BCUT2D eigenvalue weighted by Crippen LogP contribution is 2.39. The summed E-state index contributed by atoms with van der Waals surface area (Å²) in [5.74, 6) is 0. The van der Waals surface area contributed by atoms with E-state index in [1.807, 2.05) is 11.8 Å². The molecule has 0 saturated heterocycles. The Morgan fingerprint density at radius 1 is 0.783 bits per heavy atom. The zero-order chi connectivity index (χ0) is 17.0. The van der Waals surface area contributed by atoms with E-state index < -0.39 is 0 Å². The fourth-order valence-corrected chi connectivity index (χ4v) is 5.94. The minimum atomic E-state index is 0.0841. The summed E-state index contributed by atoms with van der Waals surface area (Å²) in [4.78, 5) is 23.4. The van der Waals surface area contributed by atoms with Crippen molar-refractivity contribution in [2.75, 3.05) is 0 Å². The molecule has 2 aliphatic carbocycles. The molecule has 5 heteroatoms. The molecule has 0 fully saturated rings. The Balaban J connectivity index is 1.74. The van der Waals surface area contributed by atoms with Gasteiger partial charge in [0.05, 0.1) is 0 Å². The first-order valence-electron chi connectivity index (χ1n) is 7.60. The van der Waals surface area contributed by atoms with Crippen LogP contribution >= 0.6 is 35.3 Å². The summed E-state index contributed by atoms with van der Waals surface area (Å²) in [6, 6.07) is 0. The van der Waals surface area contributed by atoms with Crippen molar-refractivity contribution in [1.82, 2.24) is 0 Å². The van der Waals surface area contributed by atoms with Gasteiger partial charge in [0.25, 0.3) is 0 Å². The molecule has 0 radical (unpaired) electrons. The normalized spacial score (nSPS) is 29.0. The minimum absolute atomic E-state index is 0.0841. The summed E-state index contributed by atoms with van der Waals surface area (Å²) < 4.78 is 0. The van der Waals surface area contributed by atoms with E-state index in [0.717, 1.165) is 12.8 Å². The van der Waals surface area contributed by atoms with Crippen LogP contribution in [0.4, 0.5) is 0 Å². The van der Waals surface area contributed by atoms with Crippen LogP contribution in [0.5, 0.6) is 0 Å². The lowest BCUT2D eigenvalue weighted by molar-refractivity contribution is -0.108. The van der Waals surface area contributed by atoms with Gasteiger partial charge in [-0.25, -0.2) is 0 Å². The van der Waals surface area contributed by atoms with E-state index in [-0.39, 0.29) is 20.7 Å². The van der Waals surface area contributed by atoms with E-state index in [1.54, 1.807) is 13.8 Å². The number of hydrogen-bond acceptors (Lipinski definition) is 5. The summed E-state index contributed by atoms with van der Waals surface area (Å²) in [7, 11) is 0. The van der Waals surface area contributed by atoms with Crippen LogP contribution in [0.15, 0.2) is 48.6 Å². The number of carbonyl (C=O) groups is 2. The lowest BCUT2D eigenvalue weighted by atomic mass is 10.3. The molecule has 0 saturated carbocycles. The maximum Gasteiger partial charge on any atom is 0.215 e. The molecule has 0 bridgehead atoms. The predicted molar refractivity (Wildman–Crippen MR) is 105 cm³/mol. The third-order valence-electron chi connectivity index (χ3n) is 3.57. The summed E-state index contributed by atoms with van der Waals surface area (Å²) in [5, 5.41) is 1.58. The summed E-state index contributed by atoms with van der Waals surface area (Å²) in [6.07, 6.45) is 10.7. The van der Waals surface area contributed by atoms with Crippen LogP contribution in [0.3, 0.4) is 0 Å².